The normalized spacial score (nSPS) is 11.2. The molecule has 0 aliphatic carbocycles. The molecule has 5 nitrogen and oxygen atoms in total. The summed E-state index contributed by atoms with van der Waals surface area (Å²) in [6.07, 6.45) is 0. The topological polar surface area (TPSA) is 54.7 Å². The van der Waals surface area contributed by atoms with Gasteiger partial charge in [-0.15, -0.1) is 0 Å². The summed E-state index contributed by atoms with van der Waals surface area (Å²) in [5.41, 5.74) is 5.36. The number of hydrogen-bond donors (Lipinski definition) is 1. The predicted molar refractivity (Wildman–Crippen MR) is 110 cm³/mol. The second-order valence-corrected chi connectivity index (χ2v) is 6.49. The molecule has 5 heteroatoms. The van der Waals surface area contributed by atoms with Crippen molar-refractivity contribution in [3.8, 4) is 22.8 Å². The molecule has 0 fully saturated rings. The molecule has 5 rings (SSSR count). The second kappa shape index (κ2) is 6.78. The van der Waals surface area contributed by atoms with Gasteiger partial charge in [-0.3, -0.25) is 4.98 Å². The van der Waals surface area contributed by atoms with Crippen LogP contribution in [0.25, 0.3) is 39.4 Å². The van der Waals surface area contributed by atoms with E-state index in [0.29, 0.717) is 6.61 Å². The van der Waals surface area contributed by atoms with Gasteiger partial charge in [0.2, 0.25) is 5.82 Å². The van der Waals surface area contributed by atoms with Crippen molar-refractivity contribution in [1.29, 1.82) is 0 Å². The Bertz CT molecular complexity index is 1260. The predicted octanol–water partition coefficient (Wildman–Crippen LogP) is 4.45. The molecule has 0 bridgehead atoms. The first kappa shape index (κ1) is 16.4. The Balaban J connectivity index is 1.79. The number of ether oxygens (including phenoxy) is 1. The van der Waals surface area contributed by atoms with E-state index in [4.69, 9.17) is 14.7 Å². The molecule has 0 unspecified atom stereocenters. The van der Waals surface area contributed by atoms with Gasteiger partial charge in [0.1, 0.15) is 17.0 Å². The van der Waals surface area contributed by atoms with Gasteiger partial charge in [0.15, 0.2) is 5.52 Å². The highest BCUT2D eigenvalue weighted by Crippen LogP contribution is 2.22. The standard InChI is InChI=1S/C23H18N4O/c1-2-28-18-14-12-17(13-15-18)27-22(16-8-4-3-5-9-16)26-21-23(27)25-20-11-7-6-10-19(20)24-21/h3-15H,2H2,1H3/p+1. The molecule has 3 aromatic carbocycles. The first-order chi connectivity index (χ1) is 13.8. The van der Waals surface area contributed by atoms with Crippen molar-refractivity contribution >= 4 is 22.3 Å². The smallest absolute Gasteiger partial charge is 0.328 e. The van der Waals surface area contributed by atoms with Gasteiger partial charge in [-0.05, 0) is 55.5 Å². The Labute approximate surface area is 162 Å². The molecule has 0 saturated carbocycles. The van der Waals surface area contributed by atoms with Gasteiger partial charge in [0.05, 0.1) is 6.61 Å². The van der Waals surface area contributed by atoms with Gasteiger partial charge in [0.25, 0.3) is 5.65 Å². The fourth-order valence-corrected chi connectivity index (χ4v) is 3.41. The number of fused-ring (bicyclic) bond motifs is 2. The van der Waals surface area contributed by atoms with E-state index in [-0.39, 0.29) is 0 Å². The highest BCUT2D eigenvalue weighted by molar-refractivity contribution is 5.82. The molecule has 0 amide bonds. The van der Waals surface area contributed by atoms with E-state index in [1.54, 1.807) is 0 Å². The molecule has 0 aliphatic heterocycles. The zero-order valence-corrected chi connectivity index (χ0v) is 15.5. The van der Waals surface area contributed by atoms with Crippen molar-refractivity contribution in [3.05, 3.63) is 78.9 Å². The number of H-pyrrole nitrogens is 1. The van der Waals surface area contributed by atoms with Gasteiger partial charge in [-0.2, -0.15) is 4.57 Å². The molecular weight excluding hydrogens is 348 g/mol. The number of rotatable bonds is 4. The van der Waals surface area contributed by atoms with Crippen LogP contribution in [0.1, 0.15) is 6.92 Å². The minimum atomic E-state index is 0.645. The summed E-state index contributed by atoms with van der Waals surface area (Å²) in [6.45, 7) is 2.63. The van der Waals surface area contributed by atoms with Crippen LogP contribution in [0.5, 0.6) is 5.75 Å². The number of para-hydroxylation sites is 2. The van der Waals surface area contributed by atoms with Gasteiger partial charge >= 0.3 is 5.65 Å². The summed E-state index contributed by atoms with van der Waals surface area (Å²) in [5.74, 6) is 1.79. The third-order valence-corrected chi connectivity index (χ3v) is 4.68. The Morgan fingerprint density at radius 1 is 0.821 bits per heavy atom. The van der Waals surface area contributed by atoms with Gasteiger partial charge < -0.3 is 4.74 Å². The van der Waals surface area contributed by atoms with Crippen LogP contribution in [0, 0.1) is 0 Å². The summed E-state index contributed by atoms with van der Waals surface area (Å²) >= 11 is 0. The number of imidazole rings is 1. The fraction of sp³-hybridized carbons (Fsp3) is 0.0870. The molecule has 0 atom stereocenters. The molecule has 0 aliphatic rings. The molecule has 0 radical (unpaired) electrons. The lowest BCUT2D eigenvalue weighted by atomic mass is 10.2. The van der Waals surface area contributed by atoms with Crippen molar-refractivity contribution in [1.82, 2.24) is 15.0 Å². The number of hydrogen-bond acceptors (Lipinski definition) is 3. The molecule has 0 saturated heterocycles. The van der Waals surface area contributed by atoms with Crippen LogP contribution < -0.4 is 9.30 Å². The van der Waals surface area contributed by atoms with E-state index in [2.05, 4.69) is 21.7 Å². The molecule has 1 N–H and O–H groups in total. The van der Waals surface area contributed by atoms with E-state index in [0.717, 1.165) is 45.2 Å². The van der Waals surface area contributed by atoms with Gasteiger partial charge in [0, 0.05) is 5.56 Å². The Morgan fingerprint density at radius 2 is 1.50 bits per heavy atom. The van der Waals surface area contributed by atoms with E-state index >= 15 is 0 Å². The summed E-state index contributed by atoms with van der Waals surface area (Å²) < 4.78 is 7.70. The lowest BCUT2D eigenvalue weighted by Gasteiger charge is -2.06. The number of aromatic amines is 1. The van der Waals surface area contributed by atoms with Crippen molar-refractivity contribution in [2.24, 2.45) is 0 Å². The van der Waals surface area contributed by atoms with Crippen molar-refractivity contribution < 1.29 is 9.30 Å². The maximum atomic E-state index is 5.59. The molecule has 2 heterocycles. The highest BCUT2D eigenvalue weighted by Gasteiger charge is 2.24. The van der Waals surface area contributed by atoms with Crippen LogP contribution >= 0.6 is 0 Å². The van der Waals surface area contributed by atoms with Crippen molar-refractivity contribution in [3.63, 3.8) is 0 Å². The van der Waals surface area contributed by atoms with E-state index in [1.807, 2.05) is 73.7 Å². The Hall–Kier alpha value is -3.73. The fourth-order valence-electron chi connectivity index (χ4n) is 3.41. The summed E-state index contributed by atoms with van der Waals surface area (Å²) in [5, 5.41) is 0. The van der Waals surface area contributed by atoms with Gasteiger partial charge in [-0.1, -0.05) is 35.3 Å². The van der Waals surface area contributed by atoms with Crippen LogP contribution in [0.15, 0.2) is 78.9 Å². The number of nitrogens with zero attached hydrogens (tertiary/aromatic N) is 3. The van der Waals surface area contributed by atoms with E-state index in [9.17, 15) is 0 Å². The first-order valence-corrected chi connectivity index (χ1v) is 9.32. The van der Waals surface area contributed by atoms with Gasteiger partial charge in [-0.25, -0.2) is 4.98 Å². The SMILES string of the molecule is CCOc1ccc(-[n+]2c(-c3ccccc3)[nH]c3nc4ccccc4nc32)cc1. The molecule has 5 aromatic rings. The van der Waals surface area contributed by atoms with Crippen LogP contribution in [0.3, 0.4) is 0 Å². The maximum Gasteiger partial charge on any atom is 0.328 e. The first-order valence-electron chi connectivity index (χ1n) is 9.32. The minimum Gasteiger partial charge on any atom is -0.494 e. The highest BCUT2D eigenvalue weighted by atomic mass is 16.5. The van der Waals surface area contributed by atoms with Crippen LogP contribution in [0.2, 0.25) is 0 Å². The van der Waals surface area contributed by atoms with Crippen molar-refractivity contribution in [2.75, 3.05) is 6.61 Å². The summed E-state index contributed by atoms with van der Waals surface area (Å²) in [6, 6.07) is 26.2. The second-order valence-electron chi connectivity index (χ2n) is 6.49. The van der Waals surface area contributed by atoms with Crippen molar-refractivity contribution in [2.45, 2.75) is 6.92 Å². The quantitative estimate of drug-likeness (QED) is 0.477. The lowest BCUT2D eigenvalue weighted by molar-refractivity contribution is -0.556. The third-order valence-electron chi connectivity index (χ3n) is 4.68. The zero-order chi connectivity index (χ0) is 18.9. The molecular formula is C23H19N4O+. The minimum absolute atomic E-state index is 0.645. The average Bonchev–Trinajstić information content (AvgIpc) is 3.12. The van der Waals surface area contributed by atoms with Crippen LogP contribution in [0.4, 0.5) is 0 Å². The average molecular weight is 367 g/mol. The molecule has 0 spiro atoms. The van der Waals surface area contributed by atoms with E-state index in [1.165, 1.54) is 0 Å². The largest absolute Gasteiger partial charge is 0.494 e. The third kappa shape index (κ3) is 2.77. The summed E-state index contributed by atoms with van der Waals surface area (Å²) in [7, 11) is 0. The lowest BCUT2D eigenvalue weighted by Crippen LogP contribution is -2.32. The Kier molecular flexibility index (Phi) is 3.98. The van der Waals surface area contributed by atoms with Crippen LogP contribution in [-0.4, -0.2) is 21.6 Å². The number of benzene rings is 3. The van der Waals surface area contributed by atoms with E-state index < -0.39 is 0 Å². The monoisotopic (exact) mass is 367 g/mol. The maximum absolute atomic E-state index is 5.59. The zero-order valence-electron chi connectivity index (χ0n) is 15.5. The molecule has 2 aromatic heterocycles. The molecule has 28 heavy (non-hydrogen) atoms. The number of nitrogens with one attached hydrogen (secondary N) is 1. The van der Waals surface area contributed by atoms with Crippen LogP contribution in [-0.2, 0) is 0 Å². The number of aromatic nitrogens is 4. The summed E-state index contributed by atoms with van der Waals surface area (Å²) in [4.78, 5) is 13.2. The Morgan fingerprint density at radius 3 is 2.21 bits per heavy atom. The molecule has 136 valence electrons.